The molecule has 0 unspecified atom stereocenters. The molecule has 0 bridgehead atoms. The largest absolute Gasteiger partial charge is 0.416 e. The summed E-state index contributed by atoms with van der Waals surface area (Å²) in [5, 5.41) is 8.90. The Morgan fingerprint density at radius 1 is 1.48 bits per heavy atom. The second-order valence-electron chi connectivity index (χ2n) is 4.65. The van der Waals surface area contributed by atoms with Gasteiger partial charge in [-0.25, -0.2) is 0 Å². The molecular weight excluding hydrogens is 329 g/mol. The zero-order valence-electron chi connectivity index (χ0n) is 11.9. The summed E-state index contributed by atoms with van der Waals surface area (Å²) in [6.45, 7) is 3.96. The van der Waals surface area contributed by atoms with Crippen LogP contribution in [0, 0.1) is 4.77 Å². The number of carbonyl (C=O) groups is 1. The Morgan fingerprint density at radius 2 is 2.22 bits per heavy atom. The third-order valence-corrected chi connectivity index (χ3v) is 3.25. The van der Waals surface area contributed by atoms with Crippen molar-refractivity contribution in [1.29, 1.82) is 0 Å². The Balaban J connectivity index is 2.11. The molecule has 1 heterocycles. The van der Waals surface area contributed by atoms with Gasteiger partial charge in [0.1, 0.15) is 5.82 Å². The molecule has 0 atom stereocenters. The molecule has 23 heavy (non-hydrogen) atoms. The predicted octanol–water partition coefficient (Wildman–Crippen LogP) is 3.33. The van der Waals surface area contributed by atoms with Crippen LogP contribution < -0.4 is 5.32 Å². The lowest BCUT2D eigenvalue weighted by atomic mass is 10.2. The van der Waals surface area contributed by atoms with Crippen molar-refractivity contribution in [2.45, 2.75) is 19.1 Å². The molecule has 9 heteroatoms. The average molecular weight is 342 g/mol. The van der Waals surface area contributed by atoms with Crippen LogP contribution in [0.4, 0.5) is 18.9 Å². The summed E-state index contributed by atoms with van der Waals surface area (Å²) in [4.78, 5) is 12.0. The summed E-state index contributed by atoms with van der Waals surface area (Å²) in [5.41, 5.74) is -0.765. The van der Waals surface area contributed by atoms with Gasteiger partial charge in [-0.2, -0.15) is 18.3 Å². The second kappa shape index (κ2) is 6.78. The highest BCUT2D eigenvalue weighted by Gasteiger charge is 2.30. The van der Waals surface area contributed by atoms with Crippen molar-refractivity contribution in [2.75, 3.05) is 5.32 Å². The Labute approximate surface area is 134 Å². The normalized spacial score (nSPS) is 11.3. The molecule has 1 aromatic heterocycles. The molecule has 0 spiro atoms. The predicted molar refractivity (Wildman–Crippen MR) is 81.4 cm³/mol. The zero-order valence-corrected chi connectivity index (χ0v) is 12.7. The molecule has 0 saturated carbocycles. The lowest BCUT2D eigenvalue weighted by Crippen LogP contribution is -2.18. The van der Waals surface area contributed by atoms with Gasteiger partial charge in [-0.1, -0.05) is 12.1 Å². The van der Waals surface area contributed by atoms with Crippen LogP contribution in [0.15, 0.2) is 36.9 Å². The molecule has 5 nitrogen and oxygen atoms in total. The lowest BCUT2D eigenvalue weighted by molar-refractivity contribution is -0.137. The van der Waals surface area contributed by atoms with Gasteiger partial charge in [0, 0.05) is 12.2 Å². The van der Waals surface area contributed by atoms with Crippen LogP contribution >= 0.6 is 12.2 Å². The minimum Gasteiger partial charge on any atom is -0.326 e. The van der Waals surface area contributed by atoms with Crippen LogP contribution in [0.3, 0.4) is 0 Å². The Hall–Kier alpha value is -2.42. The van der Waals surface area contributed by atoms with Gasteiger partial charge >= 0.3 is 6.18 Å². The van der Waals surface area contributed by atoms with Gasteiger partial charge in [0.15, 0.2) is 4.77 Å². The second-order valence-corrected chi connectivity index (χ2v) is 5.03. The number of aromatic nitrogens is 3. The number of aromatic amines is 1. The maximum Gasteiger partial charge on any atom is 0.416 e. The number of allylic oxidation sites excluding steroid dienone is 1. The third kappa shape index (κ3) is 4.28. The van der Waals surface area contributed by atoms with Crippen LogP contribution in [-0.4, -0.2) is 20.7 Å². The van der Waals surface area contributed by atoms with E-state index in [1.165, 1.54) is 12.1 Å². The number of hydrogen-bond acceptors (Lipinski definition) is 3. The monoisotopic (exact) mass is 342 g/mol. The van der Waals surface area contributed by atoms with E-state index in [9.17, 15) is 18.0 Å². The number of nitrogens with zero attached hydrogens (tertiary/aromatic N) is 2. The standard InChI is InChI=1S/C14H13F3N4OS/c1-2-6-21-11(19-20-13(21)23)8-12(22)18-10-5-3-4-9(7-10)14(15,16)17/h2-5,7H,1,6,8H2,(H,18,22)(H,20,23). The van der Waals surface area contributed by atoms with E-state index in [1.807, 2.05) is 0 Å². The molecule has 122 valence electrons. The van der Waals surface area contributed by atoms with Crippen molar-refractivity contribution in [3.63, 3.8) is 0 Å². The summed E-state index contributed by atoms with van der Waals surface area (Å²) >= 11 is 5.02. The van der Waals surface area contributed by atoms with Gasteiger partial charge in [0.25, 0.3) is 0 Å². The first-order valence-electron chi connectivity index (χ1n) is 6.53. The molecule has 0 fully saturated rings. The fourth-order valence-corrected chi connectivity index (χ4v) is 2.15. The van der Waals surface area contributed by atoms with Crippen molar-refractivity contribution in [3.8, 4) is 0 Å². The lowest BCUT2D eigenvalue weighted by Gasteiger charge is -2.10. The fourth-order valence-electron chi connectivity index (χ4n) is 1.92. The van der Waals surface area contributed by atoms with E-state index in [0.717, 1.165) is 12.1 Å². The molecule has 0 radical (unpaired) electrons. The number of amides is 1. The number of halogens is 3. The molecule has 0 aliphatic carbocycles. The Bertz CT molecular complexity index is 779. The topological polar surface area (TPSA) is 62.7 Å². The summed E-state index contributed by atoms with van der Waals surface area (Å²) in [7, 11) is 0. The first kappa shape index (κ1) is 16.9. The number of rotatable bonds is 5. The molecule has 1 amide bonds. The molecule has 0 saturated heterocycles. The fraction of sp³-hybridized carbons (Fsp3) is 0.214. The maximum atomic E-state index is 12.6. The third-order valence-electron chi connectivity index (χ3n) is 2.94. The van der Waals surface area contributed by atoms with E-state index in [1.54, 1.807) is 10.6 Å². The molecular formula is C14H13F3N4OS. The maximum absolute atomic E-state index is 12.6. The number of anilines is 1. The number of benzene rings is 1. The molecule has 2 N–H and O–H groups in total. The van der Waals surface area contributed by atoms with Crippen LogP contribution in [-0.2, 0) is 23.9 Å². The highest BCUT2D eigenvalue weighted by Crippen LogP contribution is 2.30. The first-order valence-corrected chi connectivity index (χ1v) is 6.94. The van der Waals surface area contributed by atoms with Gasteiger partial charge in [0.05, 0.1) is 12.0 Å². The van der Waals surface area contributed by atoms with E-state index >= 15 is 0 Å². The van der Waals surface area contributed by atoms with Gasteiger partial charge in [-0.05, 0) is 30.4 Å². The minimum absolute atomic E-state index is 0.0641. The number of alkyl halides is 3. The highest BCUT2D eigenvalue weighted by molar-refractivity contribution is 7.71. The number of carbonyl (C=O) groups excluding carboxylic acids is 1. The van der Waals surface area contributed by atoms with Gasteiger partial charge in [-0.3, -0.25) is 14.5 Å². The summed E-state index contributed by atoms with van der Waals surface area (Å²) in [5.74, 6) is -0.122. The Morgan fingerprint density at radius 3 is 2.87 bits per heavy atom. The first-order chi connectivity index (χ1) is 10.8. The number of nitrogens with one attached hydrogen (secondary N) is 2. The smallest absolute Gasteiger partial charge is 0.326 e. The molecule has 1 aromatic carbocycles. The molecule has 2 rings (SSSR count). The highest BCUT2D eigenvalue weighted by atomic mass is 32.1. The van der Waals surface area contributed by atoms with E-state index in [0.29, 0.717) is 17.1 Å². The van der Waals surface area contributed by atoms with Crippen molar-refractivity contribution < 1.29 is 18.0 Å². The minimum atomic E-state index is -4.47. The SMILES string of the molecule is C=CCn1c(CC(=O)Nc2cccc(C(F)(F)F)c2)n[nH]c1=S. The molecule has 0 aliphatic heterocycles. The van der Waals surface area contributed by atoms with E-state index in [4.69, 9.17) is 12.2 Å². The van der Waals surface area contributed by atoms with Crippen molar-refractivity contribution in [3.05, 3.63) is 53.1 Å². The zero-order chi connectivity index (χ0) is 17.0. The summed E-state index contributed by atoms with van der Waals surface area (Å²) in [6.07, 6.45) is -3.00. The van der Waals surface area contributed by atoms with E-state index < -0.39 is 17.6 Å². The summed E-state index contributed by atoms with van der Waals surface area (Å²) < 4.78 is 39.8. The van der Waals surface area contributed by atoms with Gasteiger partial charge < -0.3 is 5.32 Å². The van der Waals surface area contributed by atoms with Crippen LogP contribution in [0.5, 0.6) is 0 Å². The number of hydrogen-bond donors (Lipinski definition) is 2. The van der Waals surface area contributed by atoms with Gasteiger partial charge in [0.2, 0.25) is 5.91 Å². The molecule has 0 aliphatic rings. The quantitative estimate of drug-likeness (QED) is 0.647. The van der Waals surface area contributed by atoms with Crippen molar-refractivity contribution in [1.82, 2.24) is 14.8 Å². The van der Waals surface area contributed by atoms with Gasteiger partial charge in [-0.15, -0.1) is 6.58 Å². The van der Waals surface area contributed by atoms with Crippen molar-refractivity contribution in [2.24, 2.45) is 0 Å². The van der Waals surface area contributed by atoms with Crippen LogP contribution in [0.25, 0.3) is 0 Å². The van der Waals surface area contributed by atoms with E-state index in [2.05, 4.69) is 22.1 Å². The van der Waals surface area contributed by atoms with E-state index in [-0.39, 0.29) is 12.1 Å². The van der Waals surface area contributed by atoms with Crippen LogP contribution in [0.2, 0.25) is 0 Å². The summed E-state index contributed by atoms with van der Waals surface area (Å²) in [6, 6.07) is 4.42. The van der Waals surface area contributed by atoms with Crippen molar-refractivity contribution >= 4 is 23.8 Å². The Kier molecular flexibility index (Phi) is 4.99. The number of H-pyrrole nitrogens is 1. The average Bonchev–Trinajstić information content (AvgIpc) is 2.80. The van der Waals surface area contributed by atoms with Crippen LogP contribution in [0.1, 0.15) is 11.4 Å². The molecule has 2 aromatic rings.